The van der Waals surface area contributed by atoms with Crippen LogP contribution in [-0.4, -0.2) is 36.5 Å². The van der Waals surface area contributed by atoms with Gasteiger partial charge in [-0.25, -0.2) is 0 Å². The number of nitrogens with one attached hydrogen (secondary N) is 1. The number of furan rings is 1. The molecular formula is C12H17BrN2O2. The van der Waals surface area contributed by atoms with E-state index in [1.54, 1.807) is 6.07 Å². The van der Waals surface area contributed by atoms with Crippen molar-refractivity contribution < 1.29 is 9.21 Å². The van der Waals surface area contributed by atoms with Gasteiger partial charge >= 0.3 is 0 Å². The predicted molar refractivity (Wildman–Crippen MR) is 69.0 cm³/mol. The number of nitrogens with zero attached hydrogens (tertiary/aromatic N) is 1. The van der Waals surface area contributed by atoms with Crippen molar-refractivity contribution in [3.05, 3.63) is 22.6 Å². The molecule has 1 aliphatic rings. The van der Waals surface area contributed by atoms with Crippen LogP contribution in [0.2, 0.25) is 0 Å². The monoisotopic (exact) mass is 300 g/mol. The molecule has 94 valence electrons. The zero-order chi connectivity index (χ0) is 12.5. The molecule has 0 saturated carbocycles. The van der Waals surface area contributed by atoms with Gasteiger partial charge in [-0.15, -0.1) is 0 Å². The fraction of sp³-hybridized carbons (Fsp3) is 0.583. The van der Waals surface area contributed by atoms with Crippen LogP contribution in [0.15, 0.2) is 21.4 Å². The van der Waals surface area contributed by atoms with Crippen molar-refractivity contribution in [1.82, 2.24) is 10.2 Å². The first-order valence-corrected chi connectivity index (χ1v) is 6.56. The molecule has 0 spiro atoms. The van der Waals surface area contributed by atoms with Crippen molar-refractivity contribution in [2.75, 3.05) is 20.1 Å². The first-order chi connectivity index (χ1) is 8.06. The summed E-state index contributed by atoms with van der Waals surface area (Å²) in [6, 6.07) is 1.71. The standard InChI is InChI=1S/C12H17BrN2O2/c1-12(14-2)4-6-15(7-5-12)11(16)9-3-8-17-10(9)13/h3,8,14H,4-7H2,1-2H3. The number of amides is 1. The van der Waals surface area contributed by atoms with Crippen LogP contribution in [0, 0.1) is 0 Å². The summed E-state index contributed by atoms with van der Waals surface area (Å²) < 4.78 is 5.61. The Morgan fingerprint density at radius 3 is 2.65 bits per heavy atom. The maximum atomic E-state index is 12.2. The van der Waals surface area contributed by atoms with E-state index in [-0.39, 0.29) is 11.4 Å². The molecule has 17 heavy (non-hydrogen) atoms. The van der Waals surface area contributed by atoms with Crippen molar-refractivity contribution in [1.29, 1.82) is 0 Å². The van der Waals surface area contributed by atoms with Gasteiger partial charge in [0, 0.05) is 18.6 Å². The van der Waals surface area contributed by atoms with Crippen molar-refractivity contribution in [3.8, 4) is 0 Å². The van der Waals surface area contributed by atoms with E-state index in [1.165, 1.54) is 6.26 Å². The molecule has 2 rings (SSSR count). The lowest BCUT2D eigenvalue weighted by Gasteiger charge is -2.39. The van der Waals surface area contributed by atoms with Crippen LogP contribution in [0.5, 0.6) is 0 Å². The summed E-state index contributed by atoms with van der Waals surface area (Å²) in [4.78, 5) is 14.1. The van der Waals surface area contributed by atoms with E-state index in [0.29, 0.717) is 10.2 Å². The summed E-state index contributed by atoms with van der Waals surface area (Å²) in [5, 5.41) is 3.32. The van der Waals surface area contributed by atoms with Gasteiger partial charge in [-0.2, -0.15) is 0 Å². The van der Waals surface area contributed by atoms with Crippen LogP contribution >= 0.6 is 15.9 Å². The summed E-state index contributed by atoms with van der Waals surface area (Å²) in [6.07, 6.45) is 3.48. The number of hydrogen-bond acceptors (Lipinski definition) is 3. The quantitative estimate of drug-likeness (QED) is 0.911. The first kappa shape index (κ1) is 12.6. The van der Waals surface area contributed by atoms with Gasteiger partial charge in [0.25, 0.3) is 5.91 Å². The minimum absolute atomic E-state index is 0.0452. The highest BCUT2D eigenvalue weighted by molar-refractivity contribution is 9.10. The molecule has 1 aliphatic heterocycles. The number of carbonyl (C=O) groups is 1. The van der Waals surface area contributed by atoms with E-state index in [2.05, 4.69) is 28.2 Å². The minimum atomic E-state index is 0.0452. The average Bonchev–Trinajstić information content (AvgIpc) is 2.76. The molecule has 1 aromatic heterocycles. The zero-order valence-electron chi connectivity index (χ0n) is 10.1. The lowest BCUT2D eigenvalue weighted by atomic mass is 9.90. The van der Waals surface area contributed by atoms with Crippen LogP contribution in [0.4, 0.5) is 0 Å². The minimum Gasteiger partial charge on any atom is -0.457 e. The van der Waals surface area contributed by atoms with Gasteiger partial charge in [0.1, 0.15) is 0 Å². The van der Waals surface area contributed by atoms with Gasteiger partial charge in [0.2, 0.25) is 0 Å². The third kappa shape index (κ3) is 2.55. The Morgan fingerprint density at radius 2 is 2.18 bits per heavy atom. The maximum absolute atomic E-state index is 12.2. The molecular weight excluding hydrogens is 284 g/mol. The van der Waals surface area contributed by atoms with Crippen molar-refractivity contribution >= 4 is 21.8 Å². The Kier molecular flexibility index (Phi) is 3.58. The van der Waals surface area contributed by atoms with E-state index < -0.39 is 0 Å². The molecule has 1 fully saturated rings. The Hall–Kier alpha value is -0.810. The first-order valence-electron chi connectivity index (χ1n) is 5.77. The smallest absolute Gasteiger partial charge is 0.258 e. The summed E-state index contributed by atoms with van der Waals surface area (Å²) in [7, 11) is 1.98. The SMILES string of the molecule is CNC1(C)CCN(C(=O)c2ccoc2Br)CC1. The molecule has 0 aliphatic carbocycles. The highest BCUT2D eigenvalue weighted by atomic mass is 79.9. The lowest BCUT2D eigenvalue weighted by molar-refractivity contribution is 0.0660. The molecule has 0 atom stereocenters. The third-order valence-electron chi connectivity index (χ3n) is 3.61. The molecule has 0 unspecified atom stereocenters. The van der Waals surface area contributed by atoms with E-state index in [1.807, 2.05) is 11.9 Å². The summed E-state index contributed by atoms with van der Waals surface area (Å²) in [5.41, 5.74) is 0.766. The molecule has 1 amide bonds. The van der Waals surface area contributed by atoms with Gasteiger partial charge in [-0.3, -0.25) is 4.79 Å². The topological polar surface area (TPSA) is 45.5 Å². The van der Waals surface area contributed by atoms with E-state index in [0.717, 1.165) is 25.9 Å². The molecule has 5 heteroatoms. The number of piperidine rings is 1. The van der Waals surface area contributed by atoms with Crippen molar-refractivity contribution in [2.24, 2.45) is 0 Å². The highest BCUT2D eigenvalue weighted by Crippen LogP contribution is 2.25. The molecule has 1 saturated heterocycles. The average molecular weight is 301 g/mol. The maximum Gasteiger partial charge on any atom is 0.258 e. The van der Waals surface area contributed by atoms with Crippen LogP contribution in [0.1, 0.15) is 30.1 Å². The molecule has 4 nitrogen and oxygen atoms in total. The predicted octanol–water partition coefficient (Wildman–Crippen LogP) is 2.26. The number of halogens is 1. The zero-order valence-corrected chi connectivity index (χ0v) is 11.7. The molecule has 0 aromatic carbocycles. The van der Waals surface area contributed by atoms with Gasteiger partial charge in [0.15, 0.2) is 4.67 Å². The van der Waals surface area contributed by atoms with Crippen LogP contribution in [-0.2, 0) is 0 Å². The Morgan fingerprint density at radius 1 is 1.53 bits per heavy atom. The second-order valence-corrected chi connectivity index (χ2v) is 5.43. The number of likely N-dealkylation sites (tertiary alicyclic amines) is 1. The fourth-order valence-corrected chi connectivity index (χ4v) is 2.48. The van der Waals surface area contributed by atoms with Crippen LogP contribution in [0.25, 0.3) is 0 Å². The highest BCUT2D eigenvalue weighted by Gasteiger charge is 2.31. The van der Waals surface area contributed by atoms with E-state index in [9.17, 15) is 4.79 Å². The molecule has 0 bridgehead atoms. The van der Waals surface area contributed by atoms with Gasteiger partial charge in [-0.1, -0.05) is 0 Å². The summed E-state index contributed by atoms with van der Waals surface area (Å²) in [5.74, 6) is 0.0452. The fourth-order valence-electron chi connectivity index (χ4n) is 2.07. The van der Waals surface area contributed by atoms with Gasteiger partial charge in [0.05, 0.1) is 11.8 Å². The molecule has 2 heterocycles. The lowest BCUT2D eigenvalue weighted by Crippen LogP contribution is -2.51. The third-order valence-corrected chi connectivity index (χ3v) is 4.22. The molecule has 1 N–H and O–H groups in total. The summed E-state index contributed by atoms with van der Waals surface area (Å²) >= 11 is 3.24. The Balaban J connectivity index is 2.02. The van der Waals surface area contributed by atoms with E-state index in [4.69, 9.17) is 4.42 Å². The second-order valence-electron chi connectivity index (χ2n) is 4.71. The van der Waals surface area contributed by atoms with E-state index >= 15 is 0 Å². The summed E-state index contributed by atoms with van der Waals surface area (Å²) in [6.45, 7) is 3.77. The number of carbonyl (C=O) groups excluding carboxylic acids is 1. The van der Waals surface area contributed by atoms with Gasteiger partial charge in [-0.05, 0) is 48.8 Å². The van der Waals surface area contributed by atoms with Crippen LogP contribution in [0.3, 0.4) is 0 Å². The van der Waals surface area contributed by atoms with Gasteiger partial charge < -0.3 is 14.6 Å². The Labute approximate surface area is 109 Å². The molecule has 0 radical (unpaired) electrons. The largest absolute Gasteiger partial charge is 0.457 e. The number of hydrogen-bond donors (Lipinski definition) is 1. The van der Waals surface area contributed by atoms with Crippen LogP contribution < -0.4 is 5.32 Å². The second kappa shape index (κ2) is 4.82. The van der Waals surface area contributed by atoms with Crippen molar-refractivity contribution in [2.45, 2.75) is 25.3 Å². The normalized spacial score (nSPS) is 19.4. The van der Waals surface area contributed by atoms with Crippen molar-refractivity contribution in [3.63, 3.8) is 0 Å². The molecule has 1 aromatic rings. The Bertz CT molecular complexity index is 408. The number of rotatable bonds is 2.